The summed E-state index contributed by atoms with van der Waals surface area (Å²) in [6.45, 7) is 0. The van der Waals surface area contributed by atoms with Crippen LogP contribution in [-0.4, -0.2) is 13.0 Å². The third kappa shape index (κ3) is 4.66. The number of nitrogens with one attached hydrogen (secondary N) is 1. The molecule has 0 bridgehead atoms. The highest BCUT2D eigenvalue weighted by Crippen LogP contribution is 2.34. The van der Waals surface area contributed by atoms with Gasteiger partial charge in [0.2, 0.25) is 5.91 Å². The molecule has 0 radical (unpaired) electrons. The molecule has 0 aliphatic rings. The molecule has 7 heteroatoms. The second kappa shape index (κ2) is 8.53. The van der Waals surface area contributed by atoms with Crippen LogP contribution < -0.4 is 10.1 Å². The highest BCUT2D eigenvalue weighted by atomic mass is 35.5. The van der Waals surface area contributed by atoms with Gasteiger partial charge in [0.25, 0.3) is 0 Å². The van der Waals surface area contributed by atoms with E-state index in [2.05, 4.69) is 5.32 Å². The summed E-state index contributed by atoms with van der Waals surface area (Å²) < 4.78 is 10.9. The van der Waals surface area contributed by atoms with Crippen molar-refractivity contribution in [2.75, 3.05) is 12.4 Å². The fourth-order valence-corrected chi connectivity index (χ4v) is 2.96. The Balaban J connectivity index is 1.74. The van der Waals surface area contributed by atoms with Crippen molar-refractivity contribution >= 4 is 52.5 Å². The predicted molar refractivity (Wildman–Crippen MR) is 110 cm³/mol. The summed E-state index contributed by atoms with van der Waals surface area (Å²) in [5, 5.41) is 4.06. The predicted octanol–water partition coefficient (Wildman–Crippen LogP) is 6.57. The summed E-state index contributed by atoms with van der Waals surface area (Å²) in [4.78, 5) is 12.2. The van der Waals surface area contributed by atoms with Crippen LogP contribution in [0.15, 0.2) is 59.0 Å². The van der Waals surface area contributed by atoms with Gasteiger partial charge in [-0.15, -0.1) is 0 Å². The van der Waals surface area contributed by atoms with Crippen LogP contribution in [0.5, 0.6) is 5.75 Å². The number of methoxy groups -OCH3 is 1. The lowest BCUT2D eigenvalue weighted by Gasteiger charge is -2.08. The van der Waals surface area contributed by atoms with Crippen LogP contribution in [0, 0.1) is 0 Å². The molecule has 0 aliphatic heterocycles. The van der Waals surface area contributed by atoms with Gasteiger partial charge in [-0.2, -0.15) is 0 Å². The Hall–Kier alpha value is -2.40. The first-order chi connectivity index (χ1) is 13.0. The zero-order chi connectivity index (χ0) is 19.4. The van der Waals surface area contributed by atoms with Gasteiger partial charge >= 0.3 is 0 Å². The van der Waals surface area contributed by atoms with E-state index >= 15 is 0 Å². The van der Waals surface area contributed by atoms with Crippen molar-refractivity contribution in [3.63, 3.8) is 0 Å². The van der Waals surface area contributed by atoms with Crippen molar-refractivity contribution < 1.29 is 13.9 Å². The van der Waals surface area contributed by atoms with Gasteiger partial charge in [-0.25, -0.2) is 0 Å². The Kier molecular flexibility index (Phi) is 6.11. The minimum Gasteiger partial charge on any atom is -0.495 e. The van der Waals surface area contributed by atoms with E-state index in [9.17, 15) is 4.79 Å². The highest BCUT2D eigenvalue weighted by molar-refractivity contribution is 6.43. The summed E-state index contributed by atoms with van der Waals surface area (Å²) in [7, 11) is 1.51. The number of hydrogen-bond acceptors (Lipinski definition) is 3. The Morgan fingerprint density at radius 2 is 1.93 bits per heavy atom. The molecular weight excluding hydrogens is 409 g/mol. The number of furan rings is 1. The third-order valence-electron chi connectivity index (χ3n) is 3.66. The SMILES string of the molecule is COc1ccc(Cl)cc1NC(=O)C=Cc1ccc(-c2cccc(Cl)c2Cl)o1. The summed E-state index contributed by atoms with van der Waals surface area (Å²) in [6, 6.07) is 13.7. The summed E-state index contributed by atoms with van der Waals surface area (Å²) in [5.41, 5.74) is 1.16. The lowest BCUT2D eigenvalue weighted by Crippen LogP contribution is -2.08. The maximum atomic E-state index is 12.2. The number of amides is 1. The van der Waals surface area contributed by atoms with E-state index in [0.717, 1.165) is 0 Å². The Morgan fingerprint density at radius 3 is 2.70 bits per heavy atom. The normalized spacial score (nSPS) is 11.0. The van der Waals surface area contributed by atoms with Crippen LogP contribution >= 0.6 is 34.8 Å². The zero-order valence-electron chi connectivity index (χ0n) is 14.1. The first-order valence-electron chi connectivity index (χ1n) is 7.85. The van der Waals surface area contributed by atoms with E-state index in [1.807, 2.05) is 0 Å². The molecule has 0 saturated heterocycles. The molecule has 2 aromatic carbocycles. The summed E-state index contributed by atoms with van der Waals surface area (Å²) in [6.07, 6.45) is 2.90. The number of halogens is 3. The molecule has 0 fully saturated rings. The molecule has 27 heavy (non-hydrogen) atoms. The summed E-state index contributed by atoms with van der Waals surface area (Å²) in [5.74, 6) is 1.21. The molecule has 0 spiro atoms. The number of hydrogen-bond donors (Lipinski definition) is 1. The minimum atomic E-state index is -0.352. The van der Waals surface area contributed by atoms with E-state index in [1.54, 1.807) is 54.6 Å². The number of carbonyl (C=O) groups excluding carboxylic acids is 1. The van der Waals surface area contributed by atoms with Crippen LogP contribution in [0.3, 0.4) is 0 Å². The van der Waals surface area contributed by atoms with Gasteiger partial charge in [-0.1, -0.05) is 40.9 Å². The molecule has 0 unspecified atom stereocenters. The number of anilines is 1. The van der Waals surface area contributed by atoms with Crippen LogP contribution in [0.2, 0.25) is 15.1 Å². The molecule has 1 aromatic heterocycles. The number of ether oxygens (including phenoxy) is 1. The summed E-state index contributed by atoms with van der Waals surface area (Å²) >= 11 is 18.2. The Labute approximate surface area is 171 Å². The lowest BCUT2D eigenvalue weighted by molar-refractivity contribution is -0.111. The maximum Gasteiger partial charge on any atom is 0.248 e. The molecule has 0 saturated carbocycles. The van der Waals surface area contributed by atoms with Crippen molar-refractivity contribution in [3.05, 3.63) is 75.4 Å². The van der Waals surface area contributed by atoms with Crippen molar-refractivity contribution in [2.45, 2.75) is 0 Å². The maximum absolute atomic E-state index is 12.2. The van der Waals surface area contributed by atoms with Gasteiger partial charge in [0, 0.05) is 16.7 Å². The molecule has 3 rings (SSSR count). The van der Waals surface area contributed by atoms with Crippen molar-refractivity contribution in [1.82, 2.24) is 0 Å². The molecule has 3 aromatic rings. The first-order valence-corrected chi connectivity index (χ1v) is 8.98. The molecule has 0 aliphatic carbocycles. The van der Waals surface area contributed by atoms with Gasteiger partial charge < -0.3 is 14.5 Å². The molecule has 4 nitrogen and oxygen atoms in total. The van der Waals surface area contributed by atoms with Crippen LogP contribution in [-0.2, 0) is 4.79 Å². The molecule has 0 atom stereocenters. The van der Waals surface area contributed by atoms with Gasteiger partial charge in [0.1, 0.15) is 17.3 Å². The second-order valence-electron chi connectivity index (χ2n) is 5.47. The van der Waals surface area contributed by atoms with Gasteiger partial charge in [-0.05, 0) is 48.5 Å². The van der Waals surface area contributed by atoms with E-state index in [0.29, 0.717) is 43.6 Å². The van der Waals surface area contributed by atoms with Crippen molar-refractivity contribution in [2.24, 2.45) is 0 Å². The van der Waals surface area contributed by atoms with Crippen LogP contribution in [0.4, 0.5) is 5.69 Å². The molecule has 1 N–H and O–H groups in total. The zero-order valence-corrected chi connectivity index (χ0v) is 16.4. The topological polar surface area (TPSA) is 51.5 Å². The van der Waals surface area contributed by atoms with Crippen LogP contribution in [0.1, 0.15) is 5.76 Å². The van der Waals surface area contributed by atoms with Gasteiger partial charge in [0.15, 0.2) is 0 Å². The minimum absolute atomic E-state index is 0.352. The van der Waals surface area contributed by atoms with E-state index in [-0.39, 0.29) is 5.91 Å². The number of carbonyl (C=O) groups is 1. The largest absolute Gasteiger partial charge is 0.495 e. The average Bonchev–Trinajstić information content (AvgIpc) is 3.11. The average molecular weight is 423 g/mol. The Morgan fingerprint density at radius 1 is 1.11 bits per heavy atom. The monoisotopic (exact) mass is 421 g/mol. The molecule has 1 heterocycles. The third-order valence-corrected chi connectivity index (χ3v) is 4.72. The fourth-order valence-electron chi connectivity index (χ4n) is 2.39. The Bertz CT molecular complexity index is 1010. The van der Waals surface area contributed by atoms with Gasteiger partial charge in [-0.3, -0.25) is 4.79 Å². The standard InChI is InChI=1S/C20H14Cl3NO3/c1-26-18-8-5-12(21)11-16(18)24-19(25)10-7-13-6-9-17(27-13)14-3-2-4-15(22)20(14)23/h2-11H,1H3,(H,24,25). The van der Waals surface area contributed by atoms with Crippen LogP contribution in [0.25, 0.3) is 17.4 Å². The quantitative estimate of drug-likeness (QED) is 0.473. The van der Waals surface area contributed by atoms with Crippen molar-refractivity contribution in [1.29, 1.82) is 0 Å². The molecule has 1 amide bonds. The smallest absolute Gasteiger partial charge is 0.248 e. The van der Waals surface area contributed by atoms with E-state index in [1.165, 1.54) is 13.2 Å². The van der Waals surface area contributed by atoms with E-state index in [4.69, 9.17) is 44.0 Å². The second-order valence-corrected chi connectivity index (χ2v) is 6.69. The number of benzene rings is 2. The molecule has 138 valence electrons. The van der Waals surface area contributed by atoms with Gasteiger partial charge in [0.05, 0.1) is 22.8 Å². The highest BCUT2D eigenvalue weighted by Gasteiger charge is 2.11. The fraction of sp³-hybridized carbons (Fsp3) is 0.0500. The molecular formula is C20H14Cl3NO3. The first kappa shape index (κ1) is 19.4. The van der Waals surface area contributed by atoms with Crippen molar-refractivity contribution in [3.8, 4) is 17.1 Å². The van der Waals surface area contributed by atoms with E-state index < -0.39 is 0 Å². The number of rotatable bonds is 5. The lowest BCUT2D eigenvalue weighted by atomic mass is 10.2.